The normalized spacial score (nSPS) is 23.8. The molecule has 1 aliphatic heterocycles. The van der Waals surface area contributed by atoms with Crippen LogP contribution in [0, 0.1) is 0 Å². The third-order valence-electron chi connectivity index (χ3n) is 2.75. The van der Waals surface area contributed by atoms with Crippen LogP contribution in [0.4, 0.5) is 0 Å². The van der Waals surface area contributed by atoms with Gasteiger partial charge in [0, 0.05) is 0 Å². The first-order chi connectivity index (χ1) is 6.38. The van der Waals surface area contributed by atoms with Gasteiger partial charge in [0.25, 0.3) is 0 Å². The molecular weight excluding hydrogens is 160 g/mol. The predicted molar refractivity (Wildman–Crippen MR) is 57.8 cm³/mol. The summed E-state index contributed by atoms with van der Waals surface area (Å²) >= 11 is 0. The van der Waals surface area contributed by atoms with E-state index in [1.165, 1.54) is 51.7 Å². The molecule has 1 atom stereocenters. The summed E-state index contributed by atoms with van der Waals surface area (Å²) in [6.07, 6.45) is 7.34. The molecule has 78 valence electrons. The van der Waals surface area contributed by atoms with E-state index in [0.717, 1.165) is 0 Å². The molecule has 0 aromatic heterocycles. The molecule has 0 amide bonds. The topological polar surface area (TPSA) is 15.3 Å². The van der Waals surface area contributed by atoms with Crippen molar-refractivity contribution in [1.29, 1.82) is 0 Å². The first-order valence-electron chi connectivity index (χ1n) is 5.86. The zero-order valence-corrected chi connectivity index (χ0v) is 9.18. The smallest absolute Gasteiger partial charge is 0.0597 e. The van der Waals surface area contributed by atoms with Gasteiger partial charge in [-0.3, -0.25) is 4.90 Å². The molecule has 0 aliphatic carbocycles. The minimum absolute atomic E-state index is 0.675. The van der Waals surface area contributed by atoms with E-state index in [9.17, 15) is 0 Å². The van der Waals surface area contributed by atoms with Crippen molar-refractivity contribution in [3.8, 4) is 0 Å². The van der Waals surface area contributed by atoms with Crippen LogP contribution in [-0.4, -0.2) is 30.7 Å². The number of nitrogens with one attached hydrogen (secondary N) is 1. The van der Waals surface area contributed by atoms with E-state index in [-0.39, 0.29) is 0 Å². The van der Waals surface area contributed by atoms with Crippen molar-refractivity contribution in [3.63, 3.8) is 0 Å². The first-order valence-corrected chi connectivity index (χ1v) is 5.86. The Hall–Kier alpha value is -0.0800. The fourth-order valence-electron chi connectivity index (χ4n) is 2.14. The van der Waals surface area contributed by atoms with Gasteiger partial charge in [0.15, 0.2) is 0 Å². The fourth-order valence-corrected chi connectivity index (χ4v) is 2.14. The maximum absolute atomic E-state index is 3.61. The van der Waals surface area contributed by atoms with E-state index in [0.29, 0.717) is 6.17 Å². The van der Waals surface area contributed by atoms with E-state index < -0.39 is 0 Å². The Morgan fingerprint density at radius 3 is 2.31 bits per heavy atom. The lowest BCUT2D eigenvalue weighted by atomic mass is 10.1. The highest BCUT2D eigenvalue weighted by atomic mass is 15.3. The van der Waals surface area contributed by atoms with Gasteiger partial charge in [-0.1, -0.05) is 13.8 Å². The second kappa shape index (κ2) is 6.39. The average Bonchev–Trinajstić information content (AvgIpc) is 2.19. The van der Waals surface area contributed by atoms with Crippen molar-refractivity contribution in [2.75, 3.05) is 19.6 Å². The molecule has 1 saturated heterocycles. The molecule has 0 aromatic carbocycles. The maximum Gasteiger partial charge on any atom is 0.0597 e. The van der Waals surface area contributed by atoms with Crippen LogP contribution in [0.2, 0.25) is 0 Å². The largest absolute Gasteiger partial charge is 0.302 e. The molecule has 1 rings (SSSR count). The van der Waals surface area contributed by atoms with Gasteiger partial charge >= 0.3 is 0 Å². The van der Waals surface area contributed by atoms with Crippen molar-refractivity contribution < 1.29 is 0 Å². The molecule has 0 saturated carbocycles. The van der Waals surface area contributed by atoms with Gasteiger partial charge < -0.3 is 5.32 Å². The molecule has 1 unspecified atom stereocenters. The van der Waals surface area contributed by atoms with Gasteiger partial charge in [0.05, 0.1) is 6.17 Å². The summed E-state index contributed by atoms with van der Waals surface area (Å²) in [6.45, 7) is 8.27. The minimum atomic E-state index is 0.675. The van der Waals surface area contributed by atoms with Gasteiger partial charge in [0.2, 0.25) is 0 Å². The summed E-state index contributed by atoms with van der Waals surface area (Å²) in [5, 5.41) is 3.61. The molecule has 2 heteroatoms. The quantitative estimate of drug-likeness (QED) is 0.704. The van der Waals surface area contributed by atoms with Gasteiger partial charge in [-0.05, 0) is 51.7 Å². The van der Waals surface area contributed by atoms with Gasteiger partial charge in [-0.25, -0.2) is 0 Å². The first kappa shape index (κ1) is 11.0. The number of hydrogen-bond acceptors (Lipinski definition) is 2. The Morgan fingerprint density at radius 2 is 1.85 bits per heavy atom. The van der Waals surface area contributed by atoms with Crippen LogP contribution in [0.5, 0.6) is 0 Å². The van der Waals surface area contributed by atoms with E-state index >= 15 is 0 Å². The second-order valence-electron chi connectivity index (χ2n) is 4.00. The second-order valence-corrected chi connectivity index (χ2v) is 4.00. The number of nitrogens with zero attached hydrogens (tertiary/aromatic N) is 1. The Bertz CT molecular complexity index is 113. The highest BCUT2D eigenvalue weighted by Crippen LogP contribution is 2.12. The van der Waals surface area contributed by atoms with Crippen LogP contribution in [0.1, 0.15) is 46.0 Å². The Morgan fingerprint density at radius 1 is 1.15 bits per heavy atom. The van der Waals surface area contributed by atoms with Crippen molar-refractivity contribution in [3.05, 3.63) is 0 Å². The number of piperidine rings is 1. The third-order valence-corrected chi connectivity index (χ3v) is 2.75. The van der Waals surface area contributed by atoms with E-state index in [1.54, 1.807) is 0 Å². The Labute approximate surface area is 82.7 Å². The van der Waals surface area contributed by atoms with Crippen molar-refractivity contribution in [2.24, 2.45) is 0 Å². The van der Waals surface area contributed by atoms with E-state index in [1.807, 2.05) is 0 Å². The maximum atomic E-state index is 3.61. The van der Waals surface area contributed by atoms with Crippen LogP contribution in [-0.2, 0) is 0 Å². The molecule has 0 aromatic rings. The number of hydrogen-bond donors (Lipinski definition) is 1. The van der Waals surface area contributed by atoms with Crippen molar-refractivity contribution >= 4 is 0 Å². The third kappa shape index (κ3) is 3.65. The zero-order chi connectivity index (χ0) is 9.52. The summed E-state index contributed by atoms with van der Waals surface area (Å²) in [5.74, 6) is 0. The summed E-state index contributed by atoms with van der Waals surface area (Å²) in [6, 6.07) is 0. The van der Waals surface area contributed by atoms with Crippen LogP contribution in [0.3, 0.4) is 0 Å². The van der Waals surface area contributed by atoms with Crippen LogP contribution in [0.25, 0.3) is 0 Å². The highest BCUT2D eigenvalue weighted by molar-refractivity contribution is 4.73. The summed E-state index contributed by atoms with van der Waals surface area (Å²) in [5.41, 5.74) is 0. The summed E-state index contributed by atoms with van der Waals surface area (Å²) < 4.78 is 0. The Kier molecular flexibility index (Phi) is 5.40. The number of rotatable bonds is 5. The minimum Gasteiger partial charge on any atom is -0.302 e. The monoisotopic (exact) mass is 184 g/mol. The van der Waals surface area contributed by atoms with Crippen molar-refractivity contribution in [1.82, 2.24) is 10.2 Å². The SMILES string of the molecule is CCCN(CCC)C1CCCCN1. The van der Waals surface area contributed by atoms with Crippen LogP contribution < -0.4 is 5.32 Å². The lowest BCUT2D eigenvalue weighted by Crippen LogP contribution is -2.48. The lowest BCUT2D eigenvalue weighted by Gasteiger charge is -2.34. The van der Waals surface area contributed by atoms with Crippen LogP contribution >= 0.6 is 0 Å². The standard InChI is InChI=1S/C11H24N2/c1-3-9-13(10-4-2)11-7-5-6-8-12-11/h11-12H,3-10H2,1-2H3. The molecule has 2 nitrogen and oxygen atoms in total. The fraction of sp³-hybridized carbons (Fsp3) is 1.00. The summed E-state index contributed by atoms with van der Waals surface area (Å²) in [4.78, 5) is 2.61. The molecule has 1 N–H and O–H groups in total. The highest BCUT2D eigenvalue weighted by Gasteiger charge is 2.18. The predicted octanol–water partition coefficient (Wildman–Crippen LogP) is 2.21. The molecule has 1 heterocycles. The zero-order valence-electron chi connectivity index (χ0n) is 9.18. The van der Waals surface area contributed by atoms with Gasteiger partial charge in [0.1, 0.15) is 0 Å². The molecular formula is C11H24N2. The average molecular weight is 184 g/mol. The Balaban J connectivity index is 2.32. The molecule has 0 bridgehead atoms. The van der Waals surface area contributed by atoms with Gasteiger partial charge in [-0.2, -0.15) is 0 Å². The van der Waals surface area contributed by atoms with E-state index in [4.69, 9.17) is 0 Å². The van der Waals surface area contributed by atoms with E-state index in [2.05, 4.69) is 24.1 Å². The lowest BCUT2D eigenvalue weighted by molar-refractivity contribution is 0.137. The van der Waals surface area contributed by atoms with Gasteiger partial charge in [-0.15, -0.1) is 0 Å². The molecule has 1 fully saturated rings. The summed E-state index contributed by atoms with van der Waals surface area (Å²) in [7, 11) is 0. The van der Waals surface area contributed by atoms with Crippen molar-refractivity contribution in [2.45, 2.75) is 52.1 Å². The van der Waals surface area contributed by atoms with Crippen LogP contribution in [0.15, 0.2) is 0 Å². The molecule has 0 radical (unpaired) electrons. The molecule has 13 heavy (non-hydrogen) atoms. The molecule has 0 spiro atoms. The molecule has 1 aliphatic rings.